The first kappa shape index (κ1) is 19.2. The fourth-order valence-corrected chi connectivity index (χ4v) is 2.45. The molecule has 6 nitrogen and oxygen atoms in total. The van der Waals surface area contributed by atoms with Gasteiger partial charge in [-0.05, 0) is 48.7 Å². The van der Waals surface area contributed by atoms with Crippen LogP contribution >= 0.6 is 0 Å². The van der Waals surface area contributed by atoms with Gasteiger partial charge in [-0.3, -0.25) is 4.79 Å². The van der Waals surface area contributed by atoms with Gasteiger partial charge in [0.15, 0.2) is 6.61 Å². The number of hydrogen-bond donors (Lipinski definition) is 1. The van der Waals surface area contributed by atoms with Gasteiger partial charge in [0, 0.05) is 5.69 Å². The lowest BCUT2D eigenvalue weighted by atomic mass is 10.1. The van der Waals surface area contributed by atoms with E-state index in [-0.39, 0.29) is 5.56 Å². The molecule has 0 aliphatic heterocycles. The molecule has 0 saturated carbocycles. The molecule has 2 aromatic carbocycles. The Labute approximate surface area is 152 Å². The monoisotopic (exact) mass is 355 g/mol. The Kier molecular flexibility index (Phi) is 6.49. The summed E-state index contributed by atoms with van der Waals surface area (Å²) in [4.78, 5) is 35.5. The number of benzene rings is 2. The lowest BCUT2D eigenvalue weighted by molar-refractivity contribution is -0.119. The van der Waals surface area contributed by atoms with E-state index < -0.39 is 24.5 Å². The summed E-state index contributed by atoms with van der Waals surface area (Å²) in [6.45, 7) is 3.52. The zero-order chi connectivity index (χ0) is 19.1. The van der Waals surface area contributed by atoms with Gasteiger partial charge >= 0.3 is 11.9 Å². The summed E-state index contributed by atoms with van der Waals surface area (Å²) in [6, 6.07) is 11.6. The molecule has 0 saturated heterocycles. The number of carbonyl (C=O) groups is 3. The summed E-state index contributed by atoms with van der Waals surface area (Å²) in [5.41, 5.74) is 3.29. The van der Waals surface area contributed by atoms with Crippen LogP contribution in [-0.2, 0) is 20.7 Å². The van der Waals surface area contributed by atoms with Gasteiger partial charge < -0.3 is 14.8 Å². The molecule has 0 atom stereocenters. The van der Waals surface area contributed by atoms with Gasteiger partial charge in [-0.1, -0.05) is 25.1 Å². The highest BCUT2D eigenvalue weighted by Gasteiger charge is 2.13. The third-order valence-electron chi connectivity index (χ3n) is 3.88. The van der Waals surface area contributed by atoms with E-state index in [9.17, 15) is 14.4 Å². The summed E-state index contributed by atoms with van der Waals surface area (Å²) in [5, 5.41) is 2.79. The van der Waals surface area contributed by atoms with E-state index in [1.54, 1.807) is 0 Å². The van der Waals surface area contributed by atoms with E-state index in [1.807, 2.05) is 32.0 Å². The van der Waals surface area contributed by atoms with Crippen molar-refractivity contribution < 1.29 is 23.9 Å². The molecule has 2 rings (SSSR count). The van der Waals surface area contributed by atoms with Gasteiger partial charge in [-0.15, -0.1) is 0 Å². The SMILES string of the molecule is CCc1cccc(C)c1NC(=O)COC(=O)c1ccc(C(=O)OC)cc1. The number of nitrogens with one attached hydrogen (secondary N) is 1. The van der Waals surface area contributed by atoms with Crippen molar-refractivity contribution >= 4 is 23.5 Å². The minimum absolute atomic E-state index is 0.246. The van der Waals surface area contributed by atoms with Crippen molar-refractivity contribution in [2.45, 2.75) is 20.3 Å². The van der Waals surface area contributed by atoms with Gasteiger partial charge in [0.25, 0.3) is 5.91 Å². The number of hydrogen-bond acceptors (Lipinski definition) is 5. The van der Waals surface area contributed by atoms with Crippen LogP contribution in [0.1, 0.15) is 38.8 Å². The molecule has 0 unspecified atom stereocenters. The molecule has 0 fully saturated rings. The lowest BCUT2D eigenvalue weighted by Crippen LogP contribution is -2.22. The number of methoxy groups -OCH3 is 1. The summed E-state index contributed by atoms with van der Waals surface area (Å²) >= 11 is 0. The van der Waals surface area contributed by atoms with Crippen molar-refractivity contribution in [3.05, 3.63) is 64.7 Å². The predicted molar refractivity (Wildman–Crippen MR) is 97.3 cm³/mol. The summed E-state index contributed by atoms with van der Waals surface area (Å²) < 4.78 is 9.63. The Bertz CT molecular complexity index is 811. The van der Waals surface area contributed by atoms with Gasteiger partial charge in [-0.25, -0.2) is 9.59 Å². The summed E-state index contributed by atoms with van der Waals surface area (Å²) in [7, 11) is 1.28. The molecule has 136 valence electrons. The summed E-state index contributed by atoms with van der Waals surface area (Å²) in [5.74, 6) is -1.54. The minimum Gasteiger partial charge on any atom is -0.465 e. The van der Waals surface area contributed by atoms with Crippen LogP contribution in [0, 0.1) is 6.92 Å². The Morgan fingerprint density at radius 2 is 1.58 bits per heavy atom. The van der Waals surface area contributed by atoms with Gasteiger partial charge in [-0.2, -0.15) is 0 Å². The van der Waals surface area contributed by atoms with Crippen LogP contribution in [-0.4, -0.2) is 31.6 Å². The van der Waals surface area contributed by atoms with Crippen LogP contribution in [0.25, 0.3) is 0 Å². The zero-order valence-corrected chi connectivity index (χ0v) is 15.0. The van der Waals surface area contributed by atoms with E-state index >= 15 is 0 Å². The average Bonchev–Trinajstić information content (AvgIpc) is 2.67. The minimum atomic E-state index is -0.642. The van der Waals surface area contributed by atoms with Crippen LogP contribution in [0.3, 0.4) is 0 Å². The number of rotatable bonds is 6. The molecule has 0 radical (unpaired) electrons. The molecule has 26 heavy (non-hydrogen) atoms. The summed E-state index contributed by atoms with van der Waals surface area (Å²) in [6.07, 6.45) is 0.781. The van der Waals surface area contributed by atoms with Gasteiger partial charge in [0.05, 0.1) is 18.2 Å². The van der Waals surface area contributed by atoms with E-state index in [2.05, 4.69) is 10.1 Å². The van der Waals surface area contributed by atoms with Crippen molar-refractivity contribution in [2.75, 3.05) is 19.0 Å². The second-order valence-corrected chi connectivity index (χ2v) is 5.66. The van der Waals surface area contributed by atoms with E-state index in [1.165, 1.54) is 31.4 Å². The maximum Gasteiger partial charge on any atom is 0.338 e. The van der Waals surface area contributed by atoms with E-state index in [4.69, 9.17) is 4.74 Å². The van der Waals surface area contributed by atoms with Crippen LogP contribution in [0.4, 0.5) is 5.69 Å². The molecular formula is C20H21NO5. The Morgan fingerprint density at radius 3 is 2.15 bits per heavy atom. The number of anilines is 1. The van der Waals surface area contributed by atoms with Crippen LogP contribution in [0.5, 0.6) is 0 Å². The van der Waals surface area contributed by atoms with Gasteiger partial charge in [0.1, 0.15) is 0 Å². The molecule has 0 aliphatic rings. The van der Waals surface area contributed by atoms with E-state index in [0.29, 0.717) is 5.56 Å². The molecule has 2 aromatic rings. The fourth-order valence-electron chi connectivity index (χ4n) is 2.45. The van der Waals surface area contributed by atoms with Crippen molar-refractivity contribution in [1.29, 1.82) is 0 Å². The smallest absolute Gasteiger partial charge is 0.338 e. The highest BCUT2D eigenvalue weighted by atomic mass is 16.5. The number of aryl methyl sites for hydroxylation is 2. The Hall–Kier alpha value is -3.15. The Morgan fingerprint density at radius 1 is 0.962 bits per heavy atom. The van der Waals surface area contributed by atoms with Crippen molar-refractivity contribution in [3.8, 4) is 0 Å². The molecule has 0 aliphatic carbocycles. The maximum absolute atomic E-state index is 12.1. The second kappa shape index (κ2) is 8.80. The number of carbonyl (C=O) groups excluding carboxylic acids is 3. The standard InChI is InChI=1S/C20H21NO5/c1-4-14-7-5-6-13(2)18(14)21-17(22)12-26-20(24)16-10-8-15(9-11-16)19(23)25-3/h5-11H,4,12H2,1-3H3,(H,21,22). The first-order valence-corrected chi connectivity index (χ1v) is 8.20. The molecule has 1 N–H and O–H groups in total. The molecule has 1 amide bonds. The molecule has 0 spiro atoms. The topological polar surface area (TPSA) is 81.7 Å². The highest BCUT2D eigenvalue weighted by Crippen LogP contribution is 2.21. The highest BCUT2D eigenvalue weighted by molar-refractivity contribution is 5.97. The fraction of sp³-hybridized carbons (Fsp3) is 0.250. The first-order valence-electron chi connectivity index (χ1n) is 8.20. The molecule has 0 heterocycles. The van der Waals surface area contributed by atoms with Gasteiger partial charge in [0.2, 0.25) is 0 Å². The predicted octanol–water partition coefficient (Wildman–Crippen LogP) is 3.14. The molecule has 0 aromatic heterocycles. The Balaban J connectivity index is 1.95. The zero-order valence-electron chi connectivity index (χ0n) is 15.0. The number of para-hydroxylation sites is 1. The number of esters is 2. The maximum atomic E-state index is 12.1. The molecule has 0 bridgehead atoms. The third-order valence-corrected chi connectivity index (χ3v) is 3.88. The average molecular weight is 355 g/mol. The van der Waals surface area contributed by atoms with Crippen LogP contribution < -0.4 is 5.32 Å². The van der Waals surface area contributed by atoms with Crippen molar-refractivity contribution in [3.63, 3.8) is 0 Å². The third kappa shape index (κ3) is 4.69. The normalized spacial score (nSPS) is 10.1. The lowest BCUT2D eigenvalue weighted by Gasteiger charge is -2.13. The largest absolute Gasteiger partial charge is 0.465 e. The second-order valence-electron chi connectivity index (χ2n) is 5.66. The van der Waals surface area contributed by atoms with Crippen molar-refractivity contribution in [1.82, 2.24) is 0 Å². The first-order chi connectivity index (χ1) is 12.5. The van der Waals surface area contributed by atoms with Crippen LogP contribution in [0.15, 0.2) is 42.5 Å². The molecular weight excluding hydrogens is 334 g/mol. The van der Waals surface area contributed by atoms with Crippen LogP contribution in [0.2, 0.25) is 0 Å². The molecule has 6 heteroatoms. The van der Waals surface area contributed by atoms with Crippen molar-refractivity contribution in [2.24, 2.45) is 0 Å². The quantitative estimate of drug-likeness (QED) is 0.805. The van der Waals surface area contributed by atoms with E-state index in [0.717, 1.165) is 23.2 Å². The number of amides is 1. The number of ether oxygens (including phenoxy) is 2.